The number of nitrogens with zero attached hydrogens (tertiary/aromatic N) is 2. The van der Waals surface area contributed by atoms with E-state index in [1.54, 1.807) is 12.3 Å². The fourth-order valence-electron chi connectivity index (χ4n) is 2.59. The second-order valence-electron chi connectivity index (χ2n) is 5.57. The first kappa shape index (κ1) is 14.8. The van der Waals surface area contributed by atoms with Crippen molar-refractivity contribution in [2.24, 2.45) is 0 Å². The summed E-state index contributed by atoms with van der Waals surface area (Å²) in [4.78, 5) is 18.7. The van der Waals surface area contributed by atoms with Gasteiger partial charge >= 0.3 is 0 Å². The summed E-state index contributed by atoms with van der Waals surface area (Å²) in [6.45, 7) is 6.92. The second kappa shape index (κ2) is 6.70. The van der Waals surface area contributed by atoms with Crippen LogP contribution in [-0.4, -0.2) is 41.5 Å². The van der Waals surface area contributed by atoms with Crippen LogP contribution in [0.3, 0.4) is 0 Å². The van der Waals surface area contributed by atoms with Crippen molar-refractivity contribution in [3.63, 3.8) is 0 Å². The number of nitrogens with one attached hydrogen (secondary N) is 1. The molecule has 0 radical (unpaired) electrons. The molecule has 0 spiro atoms. The van der Waals surface area contributed by atoms with E-state index in [4.69, 9.17) is 5.73 Å². The van der Waals surface area contributed by atoms with Crippen molar-refractivity contribution in [2.45, 2.75) is 39.2 Å². The molecule has 5 heteroatoms. The molecular formula is C15H24N4O. The quantitative estimate of drug-likeness (QED) is 0.876. The van der Waals surface area contributed by atoms with E-state index in [9.17, 15) is 4.79 Å². The number of carbonyl (C=O) groups excluding carboxylic acids is 1. The lowest BCUT2D eigenvalue weighted by molar-refractivity contribution is 0.0930. The van der Waals surface area contributed by atoms with Crippen LogP contribution in [0.1, 0.15) is 42.2 Å². The van der Waals surface area contributed by atoms with E-state index in [0.717, 1.165) is 18.8 Å². The van der Waals surface area contributed by atoms with E-state index < -0.39 is 0 Å². The van der Waals surface area contributed by atoms with Crippen LogP contribution in [0.4, 0.5) is 5.69 Å². The van der Waals surface area contributed by atoms with Gasteiger partial charge in [-0.15, -0.1) is 0 Å². The number of hydrogen-bond acceptors (Lipinski definition) is 4. The molecule has 0 aromatic carbocycles. The minimum Gasteiger partial charge on any atom is -0.398 e. The molecule has 0 saturated carbocycles. The Labute approximate surface area is 120 Å². The summed E-state index contributed by atoms with van der Waals surface area (Å²) < 4.78 is 0. The first-order chi connectivity index (χ1) is 9.58. The molecular weight excluding hydrogens is 252 g/mol. The van der Waals surface area contributed by atoms with Gasteiger partial charge < -0.3 is 11.1 Å². The predicted octanol–water partition coefficient (Wildman–Crippen LogP) is 1.58. The highest BCUT2D eigenvalue weighted by Crippen LogP contribution is 2.13. The smallest absolute Gasteiger partial charge is 0.255 e. The van der Waals surface area contributed by atoms with E-state index in [1.165, 1.54) is 19.3 Å². The van der Waals surface area contributed by atoms with Gasteiger partial charge in [-0.05, 0) is 45.8 Å². The lowest BCUT2D eigenvalue weighted by Gasteiger charge is -2.32. The third-order valence-electron chi connectivity index (χ3n) is 3.89. The maximum atomic E-state index is 12.1. The van der Waals surface area contributed by atoms with E-state index in [2.05, 4.69) is 22.1 Å². The summed E-state index contributed by atoms with van der Waals surface area (Å²) in [7, 11) is 0. The lowest BCUT2D eigenvalue weighted by atomic mass is 10.1. The molecule has 0 bridgehead atoms. The predicted molar refractivity (Wildman–Crippen MR) is 80.6 cm³/mol. The maximum Gasteiger partial charge on any atom is 0.255 e. The molecule has 2 rings (SSSR count). The molecule has 1 aliphatic rings. The van der Waals surface area contributed by atoms with Gasteiger partial charge in [-0.3, -0.25) is 14.7 Å². The molecule has 1 unspecified atom stereocenters. The van der Waals surface area contributed by atoms with Gasteiger partial charge in [0.15, 0.2) is 0 Å². The van der Waals surface area contributed by atoms with E-state index in [1.807, 2.05) is 6.92 Å². The average molecular weight is 276 g/mol. The molecule has 1 atom stereocenters. The van der Waals surface area contributed by atoms with Crippen LogP contribution in [0.25, 0.3) is 0 Å². The SMILES string of the molecule is Cc1cc(N)c(C(=O)NCC(C)N2CCCCC2)cn1. The lowest BCUT2D eigenvalue weighted by Crippen LogP contribution is -2.44. The highest BCUT2D eigenvalue weighted by molar-refractivity contribution is 5.98. The zero-order valence-corrected chi connectivity index (χ0v) is 12.4. The van der Waals surface area contributed by atoms with Gasteiger partial charge in [0.05, 0.1) is 5.56 Å². The van der Waals surface area contributed by atoms with Gasteiger partial charge in [-0.25, -0.2) is 0 Å². The maximum absolute atomic E-state index is 12.1. The molecule has 110 valence electrons. The highest BCUT2D eigenvalue weighted by Gasteiger charge is 2.18. The Morgan fingerprint density at radius 3 is 2.80 bits per heavy atom. The van der Waals surface area contributed by atoms with Crippen LogP contribution in [0.15, 0.2) is 12.3 Å². The zero-order chi connectivity index (χ0) is 14.5. The molecule has 1 saturated heterocycles. The third-order valence-corrected chi connectivity index (χ3v) is 3.89. The monoisotopic (exact) mass is 276 g/mol. The van der Waals surface area contributed by atoms with Crippen LogP contribution in [0.2, 0.25) is 0 Å². The molecule has 1 aliphatic heterocycles. The van der Waals surface area contributed by atoms with Crippen molar-refractivity contribution in [3.8, 4) is 0 Å². The van der Waals surface area contributed by atoms with Gasteiger partial charge in [0, 0.05) is 30.2 Å². The van der Waals surface area contributed by atoms with Crippen LogP contribution in [0.5, 0.6) is 0 Å². The summed E-state index contributed by atoms with van der Waals surface area (Å²) in [5, 5.41) is 2.96. The fraction of sp³-hybridized carbons (Fsp3) is 0.600. The topological polar surface area (TPSA) is 71.2 Å². The van der Waals surface area contributed by atoms with Gasteiger partial charge in [0.25, 0.3) is 5.91 Å². The minimum absolute atomic E-state index is 0.140. The number of nitrogens with two attached hydrogens (primary N) is 1. The third kappa shape index (κ3) is 3.70. The van der Waals surface area contributed by atoms with Crippen molar-refractivity contribution in [3.05, 3.63) is 23.5 Å². The Balaban J connectivity index is 1.88. The molecule has 0 aliphatic carbocycles. The van der Waals surface area contributed by atoms with E-state index >= 15 is 0 Å². The molecule has 1 aromatic rings. The summed E-state index contributed by atoms with van der Waals surface area (Å²) in [5.41, 5.74) is 7.63. The largest absolute Gasteiger partial charge is 0.398 e. The van der Waals surface area contributed by atoms with E-state index in [-0.39, 0.29) is 5.91 Å². The molecule has 3 N–H and O–H groups in total. The highest BCUT2D eigenvalue weighted by atomic mass is 16.1. The Bertz CT molecular complexity index is 469. The summed E-state index contributed by atoms with van der Waals surface area (Å²) >= 11 is 0. The molecule has 1 fully saturated rings. The Hall–Kier alpha value is -1.62. The van der Waals surface area contributed by atoms with Crippen molar-refractivity contribution < 1.29 is 4.79 Å². The fourth-order valence-corrected chi connectivity index (χ4v) is 2.59. The number of amides is 1. The first-order valence-electron chi connectivity index (χ1n) is 7.32. The second-order valence-corrected chi connectivity index (χ2v) is 5.57. The van der Waals surface area contributed by atoms with Gasteiger partial charge in [0.2, 0.25) is 0 Å². The summed E-state index contributed by atoms with van der Waals surface area (Å²) in [6, 6.07) is 2.09. The molecule has 20 heavy (non-hydrogen) atoms. The number of rotatable bonds is 4. The standard InChI is InChI=1S/C15H24N4O/c1-11-8-14(16)13(10-17-11)15(20)18-9-12(2)19-6-4-3-5-7-19/h8,10,12H,3-7,9H2,1-2H3,(H2,16,17)(H,18,20). The molecule has 2 heterocycles. The number of nitrogen functional groups attached to an aromatic ring is 1. The van der Waals surface area contributed by atoms with Crippen molar-refractivity contribution in [1.29, 1.82) is 0 Å². The first-order valence-corrected chi connectivity index (χ1v) is 7.32. The Kier molecular flexibility index (Phi) is 4.95. The van der Waals surface area contributed by atoms with Crippen molar-refractivity contribution in [2.75, 3.05) is 25.4 Å². The van der Waals surface area contributed by atoms with Crippen molar-refractivity contribution >= 4 is 11.6 Å². The normalized spacial score (nSPS) is 17.7. The number of pyridine rings is 1. The average Bonchev–Trinajstić information content (AvgIpc) is 2.45. The van der Waals surface area contributed by atoms with Gasteiger partial charge in [-0.2, -0.15) is 0 Å². The van der Waals surface area contributed by atoms with Crippen molar-refractivity contribution in [1.82, 2.24) is 15.2 Å². The van der Waals surface area contributed by atoms with Crippen LogP contribution < -0.4 is 11.1 Å². The van der Waals surface area contributed by atoms with Crippen LogP contribution in [0, 0.1) is 6.92 Å². The minimum atomic E-state index is -0.140. The number of anilines is 1. The van der Waals surface area contributed by atoms with Crippen LogP contribution >= 0.6 is 0 Å². The molecule has 1 aromatic heterocycles. The Morgan fingerprint density at radius 1 is 1.45 bits per heavy atom. The summed E-state index contributed by atoms with van der Waals surface area (Å²) in [6.07, 6.45) is 5.38. The molecule has 5 nitrogen and oxygen atoms in total. The number of aromatic nitrogens is 1. The number of piperidine rings is 1. The van der Waals surface area contributed by atoms with E-state index in [0.29, 0.717) is 23.8 Å². The number of aryl methyl sites for hydroxylation is 1. The molecule has 1 amide bonds. The number of hydrogen-bond donors (Lipinski definition) is 2. The zero-order valence-electron chi connectivity index (χ0n) is 12.4. The van der Waals surface area contributed by atoms with Gasteiger partial charge in [0.1, 0.15) is 0 Å². The summed E-state index contributed by atoms with van der Waals surface area (Å²) in [5.74, 6) is -0.140. The van der Waals surface area contributed by atoms with Gasteiger partial charge in [-0.1, -0.05) is 6.42 Å². The Morgan fingerprint density at radius 2 is 2.15 bits per heavy atom. The van der Waals surface area contributed by atoms with Crippen LogP contribution in [-0.2, 0) is 0 Å². The number of likely N-dealkylation sites (tertiary alicyclic amines) is 1. The number of carbonyl (C=O) groups is 1.